The molecule has 0 heterocycles. The van der Waals surface area contributed by atoms with Crippen LogP contribution in [0.4, 0.5) is 28.9 Å². The van der Waals surface area contributed by atoms with Crippen molar-refractivity contribution in [2.75, 3.05) is 5.32 Å². The van der Waals surface area contributed by atoms with Crippen molar-refractivity contribution in [2.24, 2.45) is 0 Å². The molecule has 10 heteroatoms. The number of anilines is 1. The van der Waals surface area contributed by atoms with E-state index in [4.69, 9.17) is 0 Å². The van der Waals surface area contributed by atoms with Gasteiger partial charge in [0, 0.05) is 18.2 Å². The maximum Gasteiger partial charge on any atom is 0.416 e. The lowest BCUT2D eigenvalue weighted by atomic mass is 9.90. The first-order valence-electron chi connectivity index (χ1n) is 8.50. The molecule has 1 aliphatic carbocycles. The Hall–Kier alpha value is -2.39. The molecule has 0 unspecified atom stereocenters. The van der Waals surface area contributed by atoms with Gasteiger partial charge in [-0.1, -0.05) is 0 Å². The number of nitro groups is 1. The van der Waals surface area contributed by atoms with Crippen molar-refractivity contribution in [3.05, 3.63) is 33.9 Å². The van der Waals surface area contributed by atoms with E-state index in [0.717, 1.165) is 12.1 Å². The average molecular weight is 391 g/mol. The van der Waals surface area contributed by atoms with Gasteiger partial charge in [0.15, 0.2) is 5.67 Å². The van der Waals surface area contributed by atoms with Gasteiger partial charge in [-0.15, -0.1) is 0 Å². The van der Waals surface area contributed by atoms with E-state index in [-0.39, 0.29) is 17.8 Å². The topological polar surface area (TPSA) is 84.3 Å². The fraction of sp³-hybridized carbons (Fsp3) is 0.588. The monoisotopic (exact) mass is 391 g/mol. The summed E-state index contributed by atoms with van der Waals surface area (Å²) in [6, 6.07) is 1.97. The van der Waals surface area contributed by atoms with Crippen LogP contribution in [0.3, 0.4) is 0 Å². The smallest absolute Gasteiger partial charge is 0.377 e. The number of nitrogens with zero attached hydrogens (tertiary/aromatic N) is 1. The van der Waals surface area contributed by atoms with Gasteiger partial charge in [0.25, 0.3) is 11.6 Å². The molecular formula is C17H21F4N3O3. The minimum absolute atomic E-state index is 0.0189. The van der Waals surface area contributed by atoms with Crippen molar-refractivity contribution in [1.82, 2.24) is 5.32 Å². The van der Waals surface area contributed by atoms with Crippen LogP contribution >= 0.6 is 0 Å². The molecule has 6 nitrogen and oxygen atoms in total. The number of nitrogens with one attached hydrogen (secondary N) is 2. The maximum absolute atomic E-state index is 13.6. The van der Waals surface area contributed by atoms with Crippen molar-refractivity contribution in [2.45, 2.75) is 63.5 Å². The largest absolute Gasteiger partial charge is 0.416 e. The summed E-state index contributed by atoms with van der Waals surface area (Å²) in [6.07, 6.45) is -2.52. The standard InChI is InChI=1S/C17H21F4N3O3/c1-16(2,18)15(25)23-12-6-4-11(5-7-12)22-13-8-3-10(17(19,20)21)9-14(13)24(26)27/h3,8-9,11-12,22H,4-7H2,1-2H3,(H,23,25). The summed E-state index contributed by atoms with van der Waals surface area (Å²) in [5, 5.41) is 16.7. The second kappa shape index (κ2) is 7.69. The first kappa shape index (κ1) is 20.9. The zero-order valence-electron chi connectivity index (χ0n) is 14.9. The number of hydrogen-bond acceptors (Lipinski definition) is 4. The number of carbonyl (C=O) groups is 1. The summed E-state index contributed by atoms with van der Waals surface area (Å²) in [5.74, 6) is -0.697. The summed E-state index contributed by atoms with van der Waals surface area (Å²) in [5.41, 5.74) is -3.68. The predicted octanol–water partition coefficient (Wildman–Crippen LogP) is 4.20. The number of benzene rings is 1. The van der Waals surface area contributed by atoms with Crippen LogP contribution in [0.25, 0.3) is 0 Å². The summed E-state index contributed by atoms with van der Waals surface area (Å²) in [4.78, 5) is 21.9. The molecular weight excluding hydrogens is 370 g/mol. The van der Waals surface area contributed by atoms with E-state index in [1.165, 1.54) is 13.8 Å². The fourth-order valence-electron chi connectivity index (χ4n) is 2.94. The highest BCUT2D eigenvalue weighted by Crippen LogP contribution is 2.36. The summed E-state index contributed by atoms with van der Waals surface area (Å²) in [7, 11) is 0. The third-order valence-electron chi connectivity index (χ3n) is 4.48. The Morgan fingerprint density at radius 1 is 1.11 bits per heavy atom. The molecule has 1 aliphatic rings. The van der Waals surface area contributed by atoms with Crippen molar-refractivity contribution in [1.29, 1.82) is 0 Å². The molecule has 150 valence electrons. The van der Waals surface area contributed by atoms with Gasteiger partial charge in [0.2, 0.25) is 0 Å². The molecule has 2 N–H and O–H groups in total. The lowest BCUT2D eigenvalue weighted by molar-refractivity contribution is -0.384. The Kier molecular flexibility index (Phi) is 5.96. The third-order valence-corrected chi connectivity index (χ3v) is 4.48. The maximum atomic E-state index is 13.6. The molecule has 0 spiro atoms. The van der Waals surface area contributed by atoms with Gasteiger partial charge in [-0.05, 0) is 51.7 Å². The van der Waals surface area contributed by atoms with E-state index in [0.29, 0.717) is 31.7 Å². The molecule has 1 fully saturated rings. The van der Waals surface area contributed by atoms with Gasteiger partial charge in [0.05, 0.1) is 10.5 Å². The molecule has 0 aliphatic heterocycles. The number of rotatable bonds is 5. The van der Waals surface area contributed by atoms with Gasteiger partial charge in [-0.3, -0.25) is 14.9 Å². The molecule has 1 aromatic carbocycles. The molecule has 0 radical (unpaired) electrons. The second-order valence-corrected chi connectivity index (χ2v) is 7.13. The Labute approximate surface area is 153 Å². The molecule has 2 rings (SSSR count). The first-order chi connectivity index (χ1) is 12.4. The lowest BCUT2D eigenvalue weighted by Crippen LogP contribution is -2.46. The lowest BCUT2D eigenvalue weighted by Gasteiger charge is -2.31. The third kappa shape index (κ3) is 5.54. The van der Waals surface area contributed by atoms with Crippen LogP contribution in [0.1, 0.15) is 45.1 Å². The van der Waals surface area contributed by atoms with Crippen molar-refractivity contribution in [3.8, 4) is 0 Å². The molecule has 27 heavy (non-hydrogen) atoms. The summed E-state index contributed by atoms with van der Waals surface area (Å²) >= 11 is 0. The second-order valence-electron chi connectivity index (χ2n) is 7.13. The highest BCUT2D eigenvalue weighted by atomic mass is 19.4. The van der Waals surface area contributed by atoms with Gasteiger partial charge >= 0.3 is 6.18 Å². The molecule has 1 aromatic rings. The van der Waals surface area contributed by atoms with E-state index in [2.05, 4.69) is 10.6 Å². The fourth-order valence-corrected chi connectivity index (χ4v) is 2.94. The Bertz CT molecular complexity index is 708. The van der Waals surface area contributed by atoms with Crippen molar-refractivity contribution >= 4 is 17.3 Å². The predicted molar refractivity (Wildman–Crippen MR) is 91.1 cm³/mol. The SMILES string of the molecule is CC(C)(F)C(=O)NC1CCC(Nc2ccc(C(F)(F)F)cc2[N+](=O)[O-])CC1. The van der Waals surface area contributed by atoms with E-state index >= 15 is 0 Å². The average Bonchev–Trinajstić information content (AvgIpc) is 2.54. The molecule has 1 saturated carbocycles. The Morgan fingerprint density at radius 3 is 2.15 bits per heavy atom. The van der Waals surface area contributed by atoms with Crippen molar-refractivity contribution < 1.29 is 27.3 Å². The molecule has 0 bridgehead atoms. The van der Waals surface area contributed by atoms with Crippen LogP contribution in [0.2, 0.25) is 0 Å². The van der Waals surface area contributed by atoms with Crippen LogP contribution in [0.15, 0.2) is 18.2 Å². The van der Waals surface area contributed by atoms with Crippen LogP contribution in [-0.2, 0) is 11.0 Å². The highest BCUT2D eigenvalue weighted by molar-refractivity contribution is 5.84. The van der Waals surface area contributed by atoms with E-state index in [9.17, 15) is 32.5 Å². The number of carbonyl (C=O) groups excluding carboxylic acids is 1. The van der Waals surface area contributed by atoms with E-state index in [1.54, 1.807) is 0 Å². The first-order valence-corrected chi connectivity index (χ1v) is 8.50. The molecule has 0 atom stereocenters. The minimum atomic E-state index is -4.66. The molecule has 1 amide bonds. The van der Waals surface area contributed by atoms with Crippen LogP contribution < -0.4 is 10.6 Å². The van der Waals surface area contributed by atoms with Gasteiger partial charge in [-0.2, -0.15) is 13.2 Å². The van der Waals surface area contributed by atoms with Gasteiger partial charge in [0.1, 0.15) is 5.69 Å². The van der Waals surface area contributed by atoms with E-state index < -0.39 is 33.9 Å². The van der Waals surface area contributed by atoms with Crippen LogP contribution in [0, 0.1) is 10.1 Å². The number of nitro benzene ring substituents is 1. The normalized spacial score (nSPS) is 20.8. The summed E-state index contributed by atoms with van der Waals surface area (Å²) in [6.45, 7) is 2.33. The summed E-state index contributed by atoms with van der Waals surface area (Å²) < 4.78 is 51.8. The van der Waals surface area contributed by atoms with Gasteiger partial charge < -0.3 is 10.6 Å². The quantitative estimate of drug-likeness (QED) is 0.448. The van der Waals surface area contributed by atoms with Crippen LogP contribution in [0.5, 0.6) is 0 Å². The Morgan fingerprint density at radius 2 is 1.67 bits per heavy atom. The van der Waals surface area contributed by atoms with Crippen molar-refractivity contribution in [3.63, 3.8) is 0 Å². The highest BCUT2D eigenvalue weighted by Gasteiger charge is 2.34. The number of hydrogen-bond donors (Lipinski definition) is 2. The van der Waals surface area contributed by atoms with Gasteiger partial charge in [-0.25, -0.2) is 4.39 Å². The number of halogens is 4. The zero-order valence-corrected chi connectivity index (χ0v) is 14.9. The molecule has 0 saturated heterocycles. The molecule has 0 aromatic heterocycles. The van der Waals surface area contributed by atoms with Crippen LogP contribution in [-0.4, -0.2) is 28.6 Å². The Balaban J connectivity index is 2.01. The van der Waals surface area contributed by atoms with E-state index in [1.807, 2.05) is 0 Å². The number of amides is 1. The number of alkyl halides is 4. The minimum Gasteiger partial charge on any atom is -0.377 e. The zero-order chi connectivity index (χ0) is 20.4.